The van der Waals surface area contributed by atoms with Gasteiger partial charge in [0.1, 0.15) is 12.3 Å². The molecule has 1 amide bonds. The van der Waals surface area contributed by atoms with Crippen molar-refractivity contribution in [3.05, 3.63) is 88.9 Å². The van der Waals surface area contributed by atoms with E-state index >= 15 is 0 Å². The number of hydrogen-bond acceptors (Lipinski definition) is 5. The van der Waals surface area contributed by atoms with Crippen LogP contribution >= 0.6 is 11.6 Å². The summed E-state index contributed by atoms with van der Waals surface area (Å²) in [5, 5.41) is 14.1. The molecule has 0 saturated carbocycles. The number of benzene rings is 3. The van der Waals surface area contributed by atoms with E-state index in [0.29, 0.717) is 11.3 Å². The quantitative estimate of drug-likeness (QED) is 0.400. The van der Waals surface area contributed by atoms with Gasteiger partial charge in [0.25, 0.3) is 15.9 Å². The van der Waals surface area contributed by atoms with Crippen LogP contribution in [0.2, 0.25) is 5.02 Å². The molecular formula is C23H22ClN3O4S. The lowest BCUT2D eigenvalue weighted by atomic mass is 10.1. The Hall–Kier alpha value is -3.36. The zero-order valence-corrected chi connectivity index (χ0v) is 19.1. The summed E-state index contributed by atoms with van der Waals surface area (Å²) in [5.74, 6) is -0.655. The third kappa shape index (κ3) is 5.27. The molecular weight excluding hydrogens is 450 g/mol. The minimum atomic E-state index is -4.09. The third-order valence-corrected chi connectivity index (χ3v) is 6.75. The van der Waals surface area contributed by atoms with Crippen LogP contribution in [0.5, 0.6) is 5.75 Å². The van der Waals surface area contributed by atoms with E-state index in [2.05, 4.69) is 10.5 Å². The molecule has 9 heteroatoms. The number of nitrogens with one attached hydrogen (secondary N) is 1. The summed E-state index contributed by atoms with van der Waals surface area (Å²) in [7, 11) is -4.09. The summed E-state index contributed by atoms with van der Waals surface area (Å²) in [6.07, 6.45) is 0. The SMILES string of the molecule is C/C(=N/NC(=O)CN(c1ccccc1Cl)S(=O)(=O)c1ccc(C)cc1)c1ccccc1O. The normalized spacial score (nSPS) is 11.8. The molecule has 166 valence electrons. The number of amides is 1. The Bertz CT molecular complexity index is 1260. The molecule has 0 aliphatic heterocycles. The van der Waals surface area contributed by atoms with Crippen molar-refractivity contribution < 1.29 is 18.3 Å². The number of sulfonamides is 1. The number of carbonyl (C=O) groups excluding carboxylic acids is 1. The van der Waals surface area contributed by atoms with Crippen molar-refractivity contribution in [2.75, 3.05) is 10.8 Å². The first-order valence-corrected chi connectivity index (χ1v) is 11.5. The van der Waals surface area contributed by atoms with Crippen molar-refractivity contribution in [3.8, 4) is 5.75 Å². The first-order chi connectivity index (χ1) is 15.2. The molecule has 3 aromatic rings. The van der Waals surface area contributed by atoms with Gasteiger partial charge in [-0.2, -0.15) is 5.10 Å². The zero-order chi connectivity index (χ0) is 23.3. The number of hydrazone groups is 1. The molecule has 0 aromatic heterocycles. The van der Waals surface area contributed by atoms with Crippen molar-refractivity contribution in [1.29, 1.82) is 0 Å². The lowest BCUT2D eigenvalue weighted by Gasteiger charge is -2.24. The fourth-order valence-corrected chi connectivity index (χ4v) is 4.67. The maximum absolute atomic E-state index is 13.4. The van der Waals surface area contributed by atoms with E-state index in [1.807, 2.05) is 6.92 Å². The average molecular weight is 472 g/mol. The number of aromatic hydroxyl groups is 1. The highest BCUT2D eigenvalue weighted by molar-refractivity contribution is 7.92. The van der Waals surface area contributed by atoms with Crippen LogP contribution in [0.1, 0.15) is 18.1 Å². The van der Waals surface area contributed by atoms with E-state index in [4.69, 9.17) is 11.6 Å². The molecule has 0 aliphatic rings. The lowest BCUT2D eigenvalue weighted by Crippen LogP contribution is -2.40. The molecule has 0 aliphatic carbocycles. The number of anilines is 1. The van der Waals surface area contributed by atoms with E-state index in [0.717, 1.165) is 9.87 Å². The van der Waals surface area contributed by atoms with Crippen LogP contribution < -0.4 is 9.73 Å². The lowest BCUT2D eigenvalue weighted by molar-refractivity contribution is -0.119. The first-order valence-electron chi connectivity index (χ1n) is 9.65. The Balaban J connectivity index is 1.90. The molecule has 7 nitrogen and oxygen atoms in total. The molecule has 0 fully saturated rings. The van der Waals surface area contributed by atoms with Crippen LogP contribution in [0, 0.1) is 6.92 Å². The highest BCUT2D eigenvalue weighted by atomic mass is 35.5. The van der Waals surface area contributed by atoms with Gasteiger partial charge in [0.15, 0.2) is 0 Å². The largest absolute Gasteiger partial charge is 0.507 e. The molecule has 0 spiro atoms. The smallest absolute Gasteiger partial charge is 0.264 e. The molecule has 3 rings (SSSR count). The number of carbonyl (C=O) groups is 1. The maximum Gasteiger partial charge on any atom is 0.264 e. The van der Waals surface area contributed by atoms with Gasteiger partial charge < -0.3 is 5.11 Å². The number of phenolic OH excluding ortho intramolecular Hbond substituents is 1. The molecule has 0 unspecified atom stereocenters. The minimum absolute atomic E-state index is 0.0163. The van der Waals surface area contributed by atoms with Crippen LogP contribution in [-0.4, -0.2) is 31.7 Å². The van der Waals surface area contributed by atoms with E-state index in [1.165, 1.54) is 24.3 Å². The summed E-state index contributed by atoms with van der Waals surface area (Å²) >= 11 is 6.25. The minimum Gasteiger partial charge on any atom is -0.507 e. The maximum atomic E-state index is 13.4. The van der Waals surface area contributed by atoms with Gasteiger partial charge in [-0.05, 0) is 50.2 Å². The van der Waals surface area contributed by atoms with Crippen molar-refractivity contribution in [3.63, 3.8) is 0 Å². The van der Waals surface area contributed by atoms with Gasteiger partial charge in [0.2, 0.25) is 0 Å². The molecule has 0 heterocycles. The van der Waals surface area contributed by atoms with Gasteiger partial charge >= 0.3 is 0 Å². The second kappa shape index (κ2) is 9.84. The number of phenols is 1. The first kappa shape index (κ1) is 23.3. The number of hydrogen-bond donors (Lipinski definition) is 2. The van der Waals surface area contributed by atoms with Crippen molar-refractivity contribution in [2.24, 2.45) is 5.10 Å². The van der Waals surface area contributed by atoms with Crippen LogP contribution in [0.15, 0.2) is 82.8 Å². The molecule has 0 atom stereocenters. The fourth-order valence-electron chi connectivity index (χ4n) is 2.94. The highest BCUT2D eigenvalue weighted by Crippen LogP contribution is 2.30. The van der Waals surface area contributed by atoms with E-state index in [9.17, 15) is 18.3 Å². The van der Waals surface area contributed by atoms with Gasteiger partial charge in [0.05, 0.1) is 21.3 Å². The van der Waals surface area contributed by atoms with Gasteiger partial charge in [-0.3, -0.25) is 9.10 Å². The highest BCUT2D eigenvalue weighted by Gasteiger charge is 2.28. The molecule has 0 saturated heterocycles. The fraction of sp³-hybridized carbons (Fsp3) is 0.130. The molecule has 2 N–H and O–H groups in total. The second-order valence-electron chi connectivity index (χ2n) is 7.03. The Morgan fingerprint density at radius 2 is 1.66 bits per heavy atom. The number of halogens is 1. The summed E-state index contributed by atoms with van der Waals surface area (Å²) in [4.78, 5) is 12.7. The van der Waals surface area contributed by atoms with Gasteiger partial charge in [-0.15, -0.1) is 0 Å². The Morgan fingerprint density at radius 1 is 1.03 bits per heavy atom. The van der Waals surface area contributed by atoms with E-state index in [1.54, 1.807) is 55.5 Å². The monoisotopic (exact) mass is 471 g/mol. The number of nitrogens with zero attached hydrogens (tertiary/aromatic N) is 2. The topological polar surface area (TPSA) is 99.1 Å². The summed E-state index contributed by atoms with van der Waals surface area (Å²) in [6.45, 7) is 2.92. The predicted octanol–water partition coefficient (Wildman–Crippen LogP) is 4.09. The second-order valence-corrected chi connectivity index (χ2v) is 9.29. The Labute approximate surface area is 192 Å². The predicted molar refractivity (Wildman–Crippen MR) is 126 cm³/mol. The summed E-state index contributed by atoms with van der Waals surface area (Å²) < 4.78 is 27.7. The molecule has 3 aromatic carbocycles. The van der Waals surface area contributed by atoms with Crippen molar-refractivity contribution >= 4 is 38.9 Å². The Kier molecular flexibility index (Phi) is 7.17. The Morgan fingerprint density at radius 3 is 2.31 bits per heavy atom. The zero-order valence-electron chi connectivity index (χ0n) is 17.5. The molecule has 32 heavy (non-hydrogen) atoms. The summed E-state index contributed by atoms with van der Waals surface area (Å²) in [5.41, 5.74) is 4.23. The average Bonchev–Trinajstić information content (AvgIpc) is 2.77. The molecule has 0 radical (unpaired) electrons. The standard InChI is InChI=1S/C23H22ClN3O4S/c1-16-11-13-18(14-12-16)32(30,31)27(21-9-5-4-8-20(21)24)15-23(29)26-25-17(2)19-7-3-6-10-22(19)28/h3-14,28H,15H2,1-2H3,(H,26,29)/b25-17-. The van der Waals surface area contributed by atoms with Crippen LogP contribution in [0.3, 0.4) is 0 Å². The van der Waals surface area contributed by atoms with Crippen LogP contribution in [-0.2, 0) is 14.8 Å². The van der Waals surface area contributed by atoms with Gasteiger partial charge in [-0.1, -0.05) is 53.6 Å². The number of rotatable bonds is 7. The number of para-hydroxylation sites is 2. The molecule has 0 bridgehead atoms. The van der Waals surface area contributed by atoms with Crippen LogP contribution in [0.4, 0.5) is 5.69 Å². The van der Waals surface area contributed by atoms with Crippen molar-refractivity contribution in [2.45, 2.75) is 18.7 Å². The third-order valence-electron chi connectivity index (χ3n) is 4.66. The van der Waals surface area contributed by atoms with E-state index in [-0.39, 0.29) is 21.4 Å². The van der Waals surface area contributed by atoms with E-state index < -0.39 is 22.5 Å². The van der Waals surface area contributed by atoms with Gasteiger partial charge in [-0.25, -0.2) is 13.8 Å². The number of aryl methyl sites for hydroxylation is 1. The van der Waals surface area contributed by atoms with Crippen molar-refractivity contribution in [1.82, 2.24) is 5.43 Å². The summed E-state index contributed by atoms with van der Waals surface area (Å²) in [6, 6.07) is 19.2. The van der Waals surface area contributed by atoms with Crippen LogP contribution in [0.25, 0.3) is 0 Å². The van der Waals surface area contributed by atoms with Gasteiger partial charge in [0, 0.05) is 5.56 Å².